The zero-order valence-corrected chi connectivity index (χ0v) is 39.5. The molecule has 2 fully saturated rings. The lowest BCUT2D eigenvalue weighted by Crippen LogP contribution is -2.41. The number of aromatic nitrogens is 7. The van der Waals surface area contributed by atoms with Crippen LogP contribution in [0.1, 0.15) is 59.0 Å². The van der Waals surface area contributed by atoms with Gasteiger partial charge in [0, 0.05) is 100 Å². The van der Waals surface area contributed by atoms with E-state index in [0.717, 1.165) is 35.7 Å². The minimum atomic E-state index is -0.622. The standard InChI is InChI=1S/C26H27N9O3.C26H2.H3N9O3.12H2/c1-16-13-33(7-9-37-16)23-12-27-20(11-22(23)34-14-21(28-15-34)17-5-6-17)26(36)29-19-4-2-3-18-24(19)38-10-8-35-25(18)30-31-32-35;1-3-5-7-9-11-13-15-17-19-21-23-25-26-24-22-20-18-16-14-12-10-8-6-4-2;1-2-3-4-5-6-7-8-9(10)12-11;;;;;;;;;;;;/h2-4,11-12,14-17H,5-10,13H2,1H3,(H,29,36);1-2H;11H,(H2,1,3,5,7);12*1H/t16-;;;;;;;;;;;;;;/m0............../s1. The molecule has 7 rings (SSSR count). The lowest BCUT2D eigenvalue weighted by molar-refractivity contribution is -0.873. The van der Waals surface area contributed by atoms with E-state index >= 15 is 0 Å². The predicted octanol–water partition coefficient (Wildman–Crippen LogP) is 6.24. The third-order valence-corrected chi connectivity index (χ3v) is 8.99. The van der Waals surface area contributed by atoms with Gasteiger partial charge in [0.05, 0.1) is 65.1 Å². The number of anilines is 2. The molecule has 24 heteroatoms. The average molecular weight is 1030 g/mol. The molecule has 1 saturated heterocycles. The van der Waals surface area contributed by atoms with Crippen LogP contribution >= 0.6 is 0 Å². The molecule has 76 heavy (non-hydrogen) atoms. The maximum atomic E-state index is 13.5. The van der Waals surface area contributed by atoms with E-state index in [2.05, 4.69) is 238 Å². The Kier molecular flexibility index (Phi) is 22.8. The summed E-state index contributed by atoms with van der Waals surface area (Å²) in [6, 6.07) is 7.35. The van der Waals surface area contributed by atoms with Gasteiger partial charge in [0.15, 0.2) is 11.6 Å². The molecule has 1 amide bonds. The molecule has 1 aromatic carbocycles. The second-order valence-electron chi connectivity index (χ2n) is 13.9. The molecular weight excluding hydrogens is 973 g/mol. The van der Waals surface area contributed by atoms with Crippen LogP contribution < -0.4 is 20.8 Å². The van der Waals surface area contributed by atoms with Gasteiger partial charge in [0.2, 0.25) is 10.4 Å². The number of nitrogens with two attached hydrogens (primary N) is 1. The molecule has 0 unspecified atom stereocenters. The number of carbonyl (C=O) groups excluding carboxylic acids is 1. The van der Waals surface area contributed by atoms with Gasteiger partial charge in [-0.25, -0.2) is 14.6 Å². The van der Waals surface area contributed by atoms with E-state index in [1.54, 1.807) is 16.9 Å². The van der Waals surface area contributed by atoms with Gasteiger partial charge in [-0.3, -0.25) is 10.1 Å². The molecule has 2 aliphatic heterocycles. The van der Waals surface area contributed by atoms with Crippen LogP contribution in [0.3, 0.4) is 0 Å². The Bertz CT molecular complexity index is 3710. The van der Waals surface area contributed by atoms with Crippen LogP contribution in [0.2, 0.25) is 0 Å². The molecular formula is C52H56N18O6. The van der Waals surface area contributed by atoms with Crippen molar-refractivity contribution in [2.75, 3.05) is 36.5 Å². The van der Waals surface area contributed by atoms with E-state index in [1.807, 2.05) is 29.1 Å². The summed E-state index contributed by atoms with van der Waals surface area (Å²) in [7, 11) is 0. The zero-order chi connectivity index (χ0) is 53.8. The molecule has 390 valence electrons. The number of amides is 1. The summed E-state index contributed by atoms with van der Waals surface area (Å²) in [6.07, 6.45) is 17.9. The van der Waals surface area contributed by atoms with Crippen LogP contribution in [0.15, 0.2) is 79.5 Å². The van der Waals surface area contributed by atoms with E-state index in [9.17, 15) is 10.0 Å². The number of nitrogens with one attached hydrogen (secondary N) is 1. The lowest BCUT2D eigenvalue weighted by Gasteiger charge is -2.34. The average Bonchev–Trinajstić information content (AvgIpc) is 4.04. The smallest absolute Gasteiger partial charge is 0.274 e. The van der Waals surface area contributed by atoms with Crippen molar-refractivity contribution >= 4 is 17.3 Å². The number of nitrogens with zero attached hydrogens (tertiary/aromatic N) is 16. The van der Waals surface area contributed by atoms with Gasteiger partial charge in [-0.05, 0) is 148 Å². The molecule has 1 aliphatic carbocycles. The molecule has 1 atom stereocenters. The number of hydrogen-bond acceptors (Lipinski definition) is 13. The Morgan fingerprint density at radius 2 is 1.42 bits per heavy atom. The molecule has 1 saturated carbocycles. The molecule has 3 aliphatic rings. The van der Waals surface area contributed by atoms with E-state index in [4.69, 9.17) is 27.6 Å². The van der Waals surface area contributed by atoms with Crippen molar-refractivity contribution in [3.63, 3.8) is 0 Å². The number of carbonyl (C=O) groups is 1. The van der Waals surface area contributed by atoms with E-state index in [0.29, 0.717) is 48.6 Å². The molecule has 0 radical (unpaired) electrons. The van der Waals surface area contributed by atoms with Crippen molar-refractivity contribution in [3.05, 3.63) is 59.6 Å². The highest BCUT2D eigenvalue weighted by molar-refractivity contribution is 6.05. The molecule has 0 spiro atoms. The van der Waals surface area contributed by atoms with Gasteiger partial charge >= 0.3 is 0 Å². The fourth-order valence-corrected chi connectivity index (χ4v) is 5.89. The van der Waals surface area contributed by atoms with Crippen molar-refractivity contribution in [1.82, 2.24) is 34.7 Å². The minimum absolute atomic E-state index is 0. The maximum Gasteiger partial charge on any atom is 0.274 e. The molecule has 0 bridgehead atoms. The van der Waals surface area contributed by atoms with Crippen LogP contribution in [0.5, 0.6) is 5.75 Å². The van der Waals surface area contributed by atoms with E-state index in [1.165, 1.54) is 12.8 Å². The lowest BCUT2D eigenvalue weighted by atomic mass is 10.1. The van der Waals surface area contributed by atoms with Crippen LogP contribution in [0.4, 0.5) is 11.4 Å². The maximum absolute atomic E-state index is 13.5. The third-order valence-electron chi connectivity index (χ3n) is 8.99. The Hall–Kier alpha value is -12.3. The number of para-hydroxylation sites is 1. The number of fused-ring (bicyclic) bond motifs is 3. The first kappa shape index (κ1) is 54.7. The summed E-state index contributed by atoms with van der Waals surface area (Å²) in [5, 5.41) is 50.9. The van der Waals surface area contributed by atoms with Crippen molar-refractivity contribution in [3.8, 4) is 178 Å². The van der Waals surface area contributed by atoms with Gasteiger partial charge in [0.25, 0.3) is 5.91 Å². The largest absolute Gasteiger partial charge is 0.489 e. The van der Waals surface area contributed by atoms with E-state index < -0.39 is 5.02 Å². The van der Waals surface area contributed by atoms with Gasteiger partial charge < -0.3 is 40.3 Å². The van der Waals surface area contributed by atoms with Gasteiger partial charge in [-0.15, -0.1) is 17.9 Å². The SMILES string of the molecule is C#CC#CC#CC#CC#CC#CC#CC#CC#CC#CC#CC#CC#C.C[C@H]1CN(c2cnc(C(=O)Nc3cccc4c3OCCn3nnnc3-4)cc2-n2cnc(C3CC3)c2)CCO1.NN=NN=NN=NN=[N+]([O-])OO.[HH].[HH].[HH].[HH].[HH].[HH].[HH].[HH].[HH].[HH].[HH].[HH]. The Labute approximate surface area is 452 Å². The monoisotopic (exact) mass is 1030 g/mol. The quantitative estimate of drug-likeness (QED) is 0.0551. The van der Waals surface area contributed by atoms with Gasteiger partial charge in [0.1, 0.15) is 17.5 Å². The van der Waals surface area contributed by atoms with Crippen LogP contribution in [0.25, 0.3) is 17.1 Å². The molecule has 3 aromatic heterocycles. The number of pyridine rings is 1. The first-order chi connectivity index (χ1) is 37.4. The van der Waals surface area contributed by atoms with Crippen LogP contribution in [0, 0.1) is 160 Å². The Morgan fingerprint density at radius 3 is 1.99 bits per heavy atom. The summed E-state index contributed by atoms with van der Waals surface area (Å²) in [6.45, 7) is 5.11. The second-order valence-corrected chi connectivity index (χ2v) is 13.9. The highest BCUT2D eigenvalue weighted by Gasteiger charge is 2.28. The molecule has 4 N–H and O–H groups in total. The summed E-state index contributed by atoms with van der Waals surface area (Å²) in [5.74, 6) is 64.0. The van der Waals surface area contributed by atoms with Crippen molar-refractivity contribution in [1.29, 1.82) is 0 Å². The number of rotatable bonds is 9. The first-order valence-corrected chi connectivity index (χ1v) is 21.4. The molecule has 4 aromatic rings. The second kappa shape index (κ2) is 31.8. The number of ether oxygens (including phenoxy) is 2. The fraction of sp³-hybridized carbons (Fsp3) is 0.192. The molecule has 24 nitrogen and oxygen atoms in total. The summed E-state index contributed by atoms with van der Waals surface area (Å²) in [4.78, 5) is 28.0. The number of morpholine rings is 1. The number of imidazole rings is 1. The van der Waals surface area contributed by atoms with Gasteiger partial charge in [-0.2, -0.15) is 0 Å². The summed E-state index contributed by atoms with van der Waals surface area (Å²) >= 11 is 0. The van der Waals surface area contributed by atoms with Gasteiger partial charge in [-0.1, -0.05) is 11.3 Å². The topological polar surface area (TPSA) is 293 Å². The highest BCUT2D eigenvalue weighted by Crippen LogP contribution is 2.40. The van der Waals surface area contributed by atoms with Crippen LogP contribution in [-0.4, -0.2) is 83.3 Å². The van der Waals surface area contributed by atoms with Crippen LogP contribution in [-0.2, 0) is 16.3 Å². The van der Waals surface area contributed by atoms with Crippen molar-refractivity contribution in [2.45, 2.75) is 38.3 Å². The first-order valence-electron chi connectivity index (χ1n) is 21.4. The predicted molar refractivity (Wildman–Crippen MR) is 295 cm³/mol. The highest BCUT2D eigenvalue weighted by atomic mass is 17.2. The van der Waals surface area contributed by atoms with Crippen molar-refractivity contribution < 1.29 is 46.7 Å². The minimum Gasteiger partial charge on any atom is -0.489 e. The Morgan fingerprint density at radius 1 is 0.829 bits per heavy atom. The third kappa shape index (κ3) is 18.9. The molecule has 5 heterocycles. The number of hydrogen-bond donors (Lipinski definition) is 3. The summed E-state index contributed by atoms with van der Waals surface area (Å²) in [5.41, 5.74) is 4.45. The summed E-state index contributed by atoms with van der Waals surface area (Å²) < 4.78 is 15.4. The zero-order valence-electron chi connectivity index (χ0n) is 39.5. The number of terminal acetylenes is 2. The normalized spacial score (nSPS) is 12.8. The van der Waals surface area contributed by atoms with E-state index in [-0.39, 0.29) is 29.1 Å². The number of tetrazole rings is 1. The number of benzene rings is 1. The van der Waals surface area contributed by atoms with Crippen molar-refractivity contribution in [2.24, 2.45) is 42.4 Å². The fourth-order valence-electron chi connectivity index (χ4n) is 5.89. The Balaban J connectivity index is -0.000000190.